The molecule has 0 aromatic heterocycles. The Morgan fingerprint density at radius 1 is 0.694 bits per heavy atom. The summed E-state index contributed by atoms with van der Waals surface area (Å²) in [4.78, 5) is 138. The maximum atomic E-state index is 16.7. The second-order valence-electron chi connectivity index (χ2n) is 35.3. The predicted octanol–water partition coefficient (Wildman–Crippen LogP) is 9.72. The summed E-state index contributed by atoms with van der Waals surface area (Å²) in [6, 6.07) is 14.6. The number of primary amides is 1. The summed E-state index contributed by atoms with van der Waals surface area (Å²) in [5.41, 5.74) is 10.9. The fourth-order valence-electron chi connectivity index (χ4n) is 19.4. The van der Waals surface area contributed by atoms with Gasteiger partial charge in [-0.1, -0.05) is 87.6 Å². The number of phenolic OH excluding ortho intramolecular Hbond substituents is 2. The average Bonchev–Trinajstić information content (AvgIpc) is 0.756. The van der Waals surface area contributed by atoms with Crippen molar-refractivity contribution in [3.63, 3.8) is 0 Å². The van der Waals surface area contributed by atoms with Crippen LogP contribution in [0, 0.1) is 47.3 Å². The van der Waals surface area contributed by atoms with Crippen LogP contribution in [0.1, 0.15) is 195 Å². The number of carbonyl (C=O) groups excluding carboxylic acids is 9. The maximum absolute atomic E-state index is 16.7. The van der Waals surface area contributed by atoms with Gasteiger partial charge < -0.3 is 107 Å². The second kappa shape index (κ2) is 37.7. The summed E-state index contributed by atoms with van der Waals surface area (Å²) < 4.78 is 45.1. The van der Waals surface area contributed by atoms with Crippen LogP contribution in [0.5, 0.6) is 46.0 Å². The van der Waals surface area contributed by atoms with Gasteiger partial charge in [0, 0.05) is 66.4 Å². The average molecular weight is 1750 g/mol. The first kappa shape index (κ1) is 90.4. The normalized spacial score (nSPS) is 30.6. The number of aromatic hydroxyl groups is 2. The van der Waals surface area contributed by atoms with Crippen molar-refractivity contribution in [1.82, 2.24) is 21.3 Å². The lowest BCUT2D eigenvalue weighted by Gasteiger charge is -2.54. The highest BCUT2D eigenvalue weighted by molar-refractivity contribution is 6.32. The molecule has 2 saturated heterocycles. The number of amides is 6. The summed E-state index contributed by atoms with van der Waals surface area (Å²) in [5.74, 6) is -15.6. The van der Waals surface area contributed by atoms with Gasteiger partial charge in [0.25, 0.3) is 0 Å². The van der Waals surface area contributed by atoms with E-state index in [0.717, 1.165) is 81.2 Å². The summed E-state index contributed by atoms with van der Waals surface area (Å²) in [6.07, 6.45) is -13.5. The monoisotopic (exact) mass is 1750 g/mol. The van der Waals surface area contributed by atoms with Crippen LogP contribution in [-0.2, 0) is 59.0 Å². The van der Waals surface area contributed by atoms with Crippen molar-refractivity contribution in [1.29, 1.82) is 0 Å². The van der Waals surface area contributed by atoms with E-state index in [1.54, 1.807) is 19.1 Å². The van der Waals surface area contributed by atoms with Gasteiger partial charge in [-0.2, -0.15) is 0 Å². The number of aliphatic hydroxyl groups excluding tert-OH is 6. The number of phenols is 2. The Balaban J connectivity index is 0.958. The molecule has 6 amide bonds. The smallest absolute Gasteiger partial charge is 0.417 e. The van der Waals surface area contributed by atoms with E-state index in [0.29, 0.717) is 30.4 Å². The minimum absolute atomic E-state index is 0.0193. The van der Waals surface area contributed by atoms with E-state index in [-0.39, 0.29) is 103 Å². The number of halogens is 2. The molecule has 33 heteroatoms. The number of nitrogens with two attached hydrogens (primary N) is 2. The molecule has 124 heavy (non-hydrogen) atoms. The molecule has 0 radical (unpaired) electrons. The topological polar surface area (TPSA) is 492 Å². The van der Waals surface area contributed by atoms with Crippen LogP contribution in [0.25, 0.3) is 11.1 Å². The summed E-state index contributed by atoms with van der Waals surface area (Å²) in [6.45, 7) is 9.71. The molecule has 0 unspecified atom stereocenters. The minimum atomic E-state index is -2.19. The molecule has 4 aliphatic carbocycles. The van der Waals surface area contributed by atoms with Crippen LogP contribution in [0.15, 0.2) is 103 Å². The Hall–Kier alpha value is -9.87. The van der Waals surface area contributed by atoms with Crippen molar-refractivity contribution >= 4 is 81.9 Å². The van der Waals surface area contributed by atoms with Gasteiger partial charge in [-0.05, 0) is 207 Å². The molecule has 11 aliphatic rings. The molecule has 0 spiro atoms. The first-order chi connectivity index (χ1) is 59.0. The summed E-state index contributed by atoms with van der Waals surface area (Å²) in [5, 5.41) is 109. The highest BCUT2D eigenvalue weighted by Crippen LogP contribution is 2.59. The number of unbranched alkanes of at least 4 members (excludes halogenated alkanes) is 1. The van der Waals surface area contributed by atoms with Gasteiger partial charge in [0.05, 0.1) is 40.7 Å². The van der Waals surface area contributed by atoms with Gasteiger partial charge in [-0.3, -0.25) is 43.7 Å². The van der Waals surface area contributed by atoms with E-state index in [2.05, 4.69) is 33.5 Å². The molecule has 6 aromatic rings. The van der Waals surface area contributed by atoms with Crippen LogP contribution in [-0.4, -0.2) is 167 Å². The lowest BCUT2D eigenvalue weighted by atomic mass is 9.51. The third kappa shape index (κ3) is 19.6. The molecule has 4 saturated carbocycles. The molecular formula is C91H107Cl2N7O24. The molecule has 17 N–H and O–H groups in total. The standard InChI is InChI=1S/C91H107Cl2N7O24/c1-7-9-10-42-11-16-53(17-12-42)96-90(117)119-54-34-58-73(62(103)35-54)57-27-46(13-18-61(57)102)56-37-64(105)74-51-31-68(120-66-19-14-47(28-59(66)92)78(108)76(99-85(113)45(8-2)21-40(3)4)63(104)30-52(33-71(94)107)86(114)97-74)82(124-89-83(81(111)80(110)70(39-101)122-89)123-72-38-91(6,95)84(112)41(5)118-72)69(32-51)121-67-20-15-48(29-60(67)93)79(109)77(100-87(56)115)88(116)98-75(58)65(106)36-55-49-23-43-22-44(25-49)26-50(55)24-43/h11-20,27-29,31-32,34-35,40-41,43-45,49-50,52,55-56,70,72,74-81,83-84,89,101-103,108-112H,7-10,21-26,30,33,36-39,95H2,1-6H3,(H2,94,107)(H,96,117)(H,97,114)(H,98,116)(H,99,113)(H,100,115)/t41-,43?,44?,45+,49?,50?,52-,55?,56+,70+,72-,74+,75-,76-,77-,78+,79+,80+,81-,83+,84+,89-,91-/m0/s1. The molecule has 6 fully saturated rings. The molecular weight excluding hydrogens is 1650 g/mol. The molecule has 7 heterocycles. The molecule has 18 atom stereocenters. The Bertz CT molecular complexity index is 5040. The van der Waals surface area contributed by atoms with Gasteiger partial charge >= 0.3 is 6.09 Å². The Morgan fingerprint density at radius 3 is 1.94 bits per heavy atom. The molecule has 15 bridgehead atoms. The lowest BCUT2D eigenvalue weighted by Crippen LogP contribution is -2.64. The van der Waals surface area contributed by atoms with Crippen LogP contribution in [0.3, 0.4) is 0 Å². The van der Waals surface area contributed by atoms with Crippen molar-refractivity contribution < 1.29 is 117 Å². The fourth-order valence-corrected chi connectivity index (χ4v) is 19.9. The Labute approximate surface area is 725 Å². The van der Waals surface area contributed by atoms with Gasteiger partial charge in [-0.25, -0.2) is 4.79 Å². The minimum Gasteiger partial charge on any atom is -0.507 e. The van der Waals surface area contributed by atoms with Gasteiger partial charge in [0.1, 0.15) is 83.4 Å². The number of nitrogens with one attached hydrogen (secondary N) is 5. The van der Waals surface area contributed by atoms with Crippen molar-refractivity contribution in [2.24, 2.45) is 58.8 Å². The number of aryl methyl sites for hydroxylation is 1. The number of hydrogen-bond donors (Lipinski definition) is 15. The van der Waals surface area contributed by atoms with E-state index in [1.165, 1.54) is 68.4 Å². The highest BCUT2D eigenvalue weighted by Gasteiger charge is 2.53. The fraction of sp³-hybridized carbons (Fsp3) is 0.505. The number of aliphatic hydroxyl groups is 6. The van der Waals surface area contributed by atoms with Crippen LogP contribution in [0.2, 0.25) is 10.0 Å². The SMILES string of the molecule is CCCCc1ccc(NC(=O)Oc2cc(O)c3c(c2)[C@@H](C(=O)CC2C4CC5CC(C4)CC2C5)NC(=O)[C@H]2NC(=O)[C@H](CC(=O)[C@@H]4NC(=O)[C@H](CC(N)=O)CC(=O)[C@H](NC(=O)[C@H](CC)CC(C)C)[C@H](O)c5ccc(c(Cl)c5)Oc5cc4cc(c5O[C@@H]4O[C@H](CO)[C@@H](O)[C@H](O)[C@H]4O[C@H]4C[C@](C)(N)[C@H](O)[C@H](C)O4)Oc4ccc(cc4Cl)[C@H]2O)c2ccc(O)c-3c2)cc1. The number of Topliss-reactive ketones (excluding diaryl/α,β-unsaturated/α-hetero) is 3. The summed E-state index contributed by atoms with van der Waals surface area (Å²) in [7, 11) is 0. The van der Waals surface area contributed by atoms with Crippen LogP contribution in [0.4, 0.5) is 10.5 Å². The number of carbonyl (C=O) groups is 9. The zero-order valence-corrected chi connectivity index (χ0v) is 70.9. The van der Waals surface area contributed by atoms with E-state index in [9.17, 15) is 55.2 Å². The van der Waals surface area contributed by atoms with Gasteiger partial charge in [0.2, 0.25) is 41.6 Å². The highest BCUT2D eigenvalue weighted by atomic mass is 35.5. The number of ether oxygens (including phenoxy) is 7. The molecule has 7 aliphatic heterocycles. The Kier molecular flexibility index (Phi) is 27.5. The lowest BCUT2D eigenvalue weighted by molar-refractivity contribution is -0.333. The van der Waals surface area contributed by atoms with Crippen LogP contribution >= 0.6 is 23.2 Å². The molecule has 17 rings (SSSR count). The van der Waals surface area contributed by atoms with Gasteiger partial charge in [-0.15, -0.1) is 0 Å². The third-order valence-electron chi connectivity index (χ3n) is 25.8. The number of ketones is 3. The van der Waals surface area contributed by atoms with E-state index in [1.807, 2.05) is 26.0 Å². The molecule has 31 nitrogen and oxygen atoms in total. The molecule has 664 valence electrons. The zero-order chi connectivity index (χ0) is 88.8. The van der Waals surface area contributed by atoms with E-state index >= 15 is 28.8 Å². The number of benzene rings is 6. The molecule has 6 aromatic carbocycles. The van der Waals surface area contributed by atoms with Crippen molar-refractivity contribution in [2.45, 2.75) is 235 Å². The second-order valence-corrected chi connectivity index (χ2v) is 36.1. The van der Waals surface area contributed by atoms with Crippen LogP contribution < -0.4 is 57.0 Å². The van der Waals surface area contributed by atoms with Gasteiger partial charge in [0.15, 0.2) is 41.2 Å². The first-order valence-electron chi connectivity index (χ1n) is 42.5. The number of anilines is 1. The zero-order valence-electron chi connectivity index (χ0n) is 69.4. The third-order valence-corrected chi connectivity index (χ3v) is 26.4. The number of hydrogen-bond acceptors (Lipinski definition) is 25. The first-order valence-corrected chi connectivity index (χ1v) is 43.2. The largest absolute Gasteiger partial charge is 0.507 e. The van der Waals surface area contributed by atoms with Crippen molar-refractivity contribution in [2.75, 3.05) is 11.9 Å². The number of rotatable bonds is 20. The summed E-state index contributed by atoms with van der Waals surface area (Å²) >= 11 is 14.5. The quantitative estimate of drug-likeness (QED) is 0.0338. The van der Waals surface area contributed by atoms with Crippen molar-refractivity contribution in [3.05, 3.63) is 147 Å². The predicted molar refractivity (Wildman–Crippen MR) is 448 cm³/mol. The maximum Gasteiger partial charge on any atom is 0.417 e. The number of fused-ring (bicyclic) bond motifs is 15. The van der Waals surface area contributed by atoms with E-state index < -0.39 is 216 Å². The van der Waals surface area contributed by atoms with E-state index in [4.69, 9.17) is 67.8 Å². The Morgan fingerprint density at radius 2 is 1.34 bits per heavy atom. The van der Waals surface area contributed by atoms with Crippen molar-refractivity contribution in [3.8, 4) is 57.1 Å².